The van der Waals surface area contributed by atoms with Gasteiger partial charge in [0.15, 0.2) is 5.78 Å². The van der Waals surface area contributed by atoms with Crippen LogP contribution in [-0.4, -0.2) is 10.4 Å². The van der Waals surface area contributed by atoms with Gasteiger partial charge in [0.25, 0.3) is 5.56 Å². The fraction of sp³-hybridized carbons (Fsp3) is 0.278. The number of carbonyl (C=O) groups excluding carboxylic acids is 1. The molecule has 4 nitrogen and oxygen atoms in total. The maximum atomic E-state index is 12.4. The second-order valence-corrected chi connectivity index (χ2v) is 5.57. The minimum absolute atomic E-state index is 0.0534. The quantitative estimate of drug-likeness (QED) is 0.818. The number of aryl methyl sites for hydroxylation is 4. The van der Waals surface area contributed by atoms with E-state index < -0.39 is 5.56 Å². The molecule has 1 aromatic carbocycles. The van der Waals surface area contributed by atoms with Gasteiger partial charge in [-0.3, -0.25) is 9.59 Å². The van der Waals surface area contributed by atoms with Gasteiger partial charge in [-0.1, -0.05) is 12.1 Å². The SMILES string of the molecule is Cc1ccc(C(=O)Cn2c(C)cc(C)c(C#N)c2=O)cc1C. The number of ketones is 1. The van der Waals surface area contributed by atoms with Gasteiger partial charge in [0.1, 0.15) is 11.6 Å². The molecule has 0 aliphatic heterocycles. The first-order valence-electron chi connectivity index (χ1n) is 7.06. The van der Waals surface area contributed by atoms with Gasteiger partial charge in [-0.15, -0.1) is 0 Å². The third kappa shape index (κ3) is 2.84. The molecule has 0 N–H and O–H groups in total. The van der Waals surface area contributed by atoms with Gasteiger partial charge in [0.05, 0.1) is 6.54 Å². The predicted molar refractivity (Wildman–Crippen MR) is 85.1 cm³/mol. The Bertz CT molecular complexity index is 855. The molecule has 112 valence electrons. The van der Waals surface area contributed by atoms with Crippen molar-refractivity contribution in [2.24, 2.45) is 0 Å². The molecular weight excluding hydrogens is 276 g/mol. The van der Waals surface area contributed by atoms with Crippen LogP contribution in [0.1, 0.15) is 38.3 Å². The lowest BCUT2D eigenvalue weighted by molar-refractivity contribution is 0.0970. The molecule has 0 aliphatic carbocycles. The molecule has 0 fully saturated rings. The fourth-order valence-electron chi connectivity index (χ4n) is 2.41. The monoisotopic (exact) mass is 294 g/mol. The maximum absolute atomic E-state index is 12.4. The van der Waals surface area contributed by atoms with Gasteiger partial charge in [-0.25, -0.2) is 0 Å². The minimum Gasteiger partial charge on any atom is -0.304 e. The van der Waals surface area contributed by atoms with Crippen molar-refractivity contribution >= 4 is 5.78 Å². The highest BCUT2D eigenvalue weighted by atomic mass is 16.1. The first kappa shape index (κ1) is 15.7. The molecule has 2 aromatic rings. The van der Waals surface area contributed by atoms with Crippen LogP contribution in [0.4, 0.5) is 0 Å². The van der Waals surface area contributed by atoms with E-state index in [1.54, 1.807) is 26.0 Å². The summed E-state index contributed by atoms with van der Waals surface area (Å²) >= 11 is 0. The van der Waals surface area contributed by atoms with Crippen molar-refractivity contribution in [2.75, 3.05) is 0 Å². The Morgan fingerprint density at radius 2 is 1.77 bits per heavy atom. The number of hydrogen-bond acceptors (Lipinski definition) is 3. The Hall–Kier alpha value is -2.67. The number of aromatic nitrogens is 1. The zero-order valence-corrected chi connectivity index (χ0v) is 13.2. The van der Waals surface area contributed by atoms with E-state index in [0.717, 1.165) is 11.1 Å². The van der Waals surface area contributed by atoms with E-state index >= 15 is 0 Å². The highest BCUT2D eigenvalue weighted by molar-refractivity contribution is 5.96. The number of nitriles is 1. The van der Waals surface area contributed by atoms with Crippen LogP contribution in [-0.2, 0) is 6.54 Å². The molecule has 22 heavy (non-hydrogen) atoms. The molecule has 4 heteroatoms. The number of hydrogen-bond donors (Lipinski definition) is 0. The van der Waals surface area contributed by atoms with E-state index in [2.05, 4.69) is 0 Å². The second-order valence-electron chi connectivity index (χ2n) is 5.57. The lowest BCUT2D eigenvalue weighted by atomic mass is 10.0. The zero-order valence-electron chi connectivity index (χ0n) is 13.2. The molecule has 0 amide bonds. The Balaban J connectivity index is 2.43. The van der Waals surface area contributed by atoms with Crippen LogP contribution in [0.25, 0.3) is 0 Å². The number of pyridine rings is 1. The molecule has 1 aromatic heterocycles. The number of rotatable bonds is 3. The normalized spacial score (nSPS) is 10.3. The molecular formula is C18H18N2O2. The first-order valence-corrected chi connectivity index (χ1v) is 7.06. The summed E-state index contributed by atoms with van der Waals surface area (Å²) in [5, 5.41) is 9.08. The largest absolute Gasteiger partial charge is 0.304 e. The van der Waals surface area contributed by atoms with E-state index in [1.807, 2.05) is 32.0 Å². The standard InChI is InChI=1S/C18H18N2O2/c1-11-5-6-15(8-12(11)2)17(21)10-20-14(4)7-13(3)16(9-19)18(20)22/h5-8H,10H2,1-4H3. The average molecular weight is 294 g/mol. The Morgan fingerprint density at radius 3 is 2.36 bits per heavy atom. The maximum Gasteiger partial charge on any atom is 0.269 e. The summed E-state index contributed by atoms with van der Waals surface area (Å²) in [6, 6.07) is 9.17. The Kier molecular flexibility index (Phi) is 4.27. The summed E-state index contributed by atoms with van der Waals surface area (Å²) in [5.41, 5.74) is 3.74. The van der Waals surface area contributed by atoms with Gasteiger partial charge in [0.2, 0.25) is 0 Å². The molecule has 2 rings (SSSR count). The van der Waals surface area contributed by atoms with Gasteiger partial charge < -0.3 is 4.57 Å². The van der Waals surface area contributed by atoms with Crippen LogP contribution in [0.15, 0.2) is 29.1 Å². The van der Waals surface area contributed by atoms with Gasteiger partial charge >= 0.3 is 0 Å². The number of Topliss-reactive ketones (excluding diaryl/α,β-unsaturated/α-hetero) is 1. The molecule has 0 radical (unpaired) electrons. The van der Waals surface area contributed by atoms with Crippen molar-refractivity contribution in [3.8, 4) is 6.07 Å². The zero-order chi connectivity index (χ0) is 16.4. The van der Waals surface area contributed by atoms with Crippen LogP contribution in [0.2, 0.25) is 0 Å². The number of carbonyl (C=O) groups is 1. The highest BCUT2D eigenvalue weighted by Crippen LogP contribution is 2.12. The van der Waals surface area contributed by atoms with E-state index in [-0.39, 0.29) is 17.9 Å². The Labute approximate surface area is 129 Å². The molecule has 0 saturated carbocycles. The molecule has 0 bridgehead atoms. The van der Waals surface area contributed by atoms with Gasteiger partial charge in [-0.05, 0) is 56.5 Å². The molecule has 1 heterocycles. The Morgan fingerprint density at radius 1 is 1.09 bits per heavy atom. The van der Waals surface area contributed by atoms with Crippen molar-refractivity contribution in [3.05, 3.63) is 68.1 Å². The van der Waals surface area contributed by atoms with Crippen LogP contribution in [0, 0.1) is 39.0 Å². The summed E-state index contributed by atoms with van der Waals surface area (Å²) in [7, 11) is 0. The van der Waals surface area contributed by atoms with Crippen LogP contribution in [0.3, 0.4) is 0 Å². The molecule has 0 spiro atoms. The lowest BCUT2D eigenvalue weighted by Crippen LogP contribution is -2.28. The summed E-state index contributed by atoms with van der Waals surface area (Å²) in [6.07, 6.45) is 0. The number of nitrogens with zero attached hydrogens (tertiary/aromatic N) is 2. The van der Waals surface area contributed by atoms with E-state index in [0.29, 0.717) is 16.8 Å². The molecule has 0 atom stereocenters. The summed E-state index contributed by atoms with van der Waals surface area (Å²) in [6.45, 7) is 7.37. The van der Waals surface area contributed by atoms with Crippen molar-refractivity contribution in [1.82, 2.24) is 4.57 Å². The van der Waals surface area contributed by atoms with Crippen LogP contribution >= 0.6 is 0 Å². The number of benzene rings is 1. The summed E-state index contributed by atoms with van der Waals surface area (Å²) < 4.78 is 1.36. The second kappa shape index (κ2) is 5.98. The van der Waals surface area contributed by atoms with Crippen molar-refractivity contribution in [1.29, 1.82) is 5.26 Å². The van der Waals surface area contributed by atoms with Gasteiger partial charge in [-0.2, -0.15) is 5.26 Å². The lowest BCUT2D eigenvalue weighted by Gasteiger charge is -2.12. The van der Waals surface area contributed by atoms with E-state index in [1.165, 1.54) is 4.57 Å². The molecule has 0 aliphatic rings. The third-order valence-corrected chi connectivity index (χ3v) is 3.95. The summed E-state index contributed by atoms with van der Waals surface area (Å²) in [4.78, 5) is 24.7. The molecule has 0 unspecified atom stereocenters. The van der Waals surface area contributed by atoms with Crippen molar-refractivity contribution in [3.63, 3.8) is 0 Å². The topological polar surface area (TPSA) is 62.9 Å². The first-order chi connectivity index (χ1) is 10.3. The average Bonchev–Trinajstić information content (AvgIpc) is 2.46. The predicted octanol–water partition coefficient (Wildman–Crippen LogP) is 2.84. The smallest absolute Gasteiger partial charge is 0.269 e. The summed E-state index contributed by atoms with van der Waals surface area (Å²) in [5.74, 6) is -0.138. The van der Waals surface area contributed by atoms with Crippen LogP contribution in [0.5, 0.6) is 0 Å². The highest BCUT2D eigenvalue weighted by Gasteiger charge is 2.14. The van der Waals surface area contributed by atoms with Crippen molar-refractivity contribution in [2.45, 2.75) is 34.2 Å². The molecule has 0 saturated heterocycles. The fourth-order valence-corrected chi connectivity index (χ4v) is 2.41. The third-order valence-electron chi connectivity index (χ3n) is 3.95. The van der Waals surface area contributed by atoms with Gasteiger partial charge in [0, 0.05) is 11.3 Å². The van der Waals surface area contributed by atoms with E-state index in [4.69, 9.17) is 5.26 Å². The van der Waals surface area contributed by atoms with Crippen molar-refractivity contribution < 1.29 is 4.79 Å². The van der Waals surface area contributed by atoms with Crippen LogP contribution < -0.4 is 5.56 Å². The minimum atomic E-state index is -0.405. The van der Waals surface area contributed by atoms with E-state index in [9.17, 15) is 9.59 Å².